The molecule has 3 rings (SSSR count). The number of nitriles is 1. The Morgan fingerprint density at radius 1 is 1.04 bits per heavy atom. The van der Waals surface area contributed by atoms with E-state index in [9.17, 15) is 9.18 Å². The van der Waals surface area contributed by atoms with Gasteiger partial charge in [0.05, 0.1) is 11.6 Å². The molecule has 5 heteroatoms. The highest BCUT2D eigenvalue weighted by Crippen LogP contribution is 2.15. The molecule has 136 valence electrons. The summed E-state index contributed by atoms with van der Waals surface area (Å²) in [6, 6.07) is 17.6. The van der Waals surface area contributed by atoms with Crippen molar-refractivity contribution in [3.63, 3.8) is 0 Å². The Labute approximate surface area is 162 Å². The first-order valence-corrected chi connectivity index (χ1v) is 9.60. The first kappa shape index (κ1) is 18.8. The first-order chi connectivity index (χ1) is 13.1. The summed E-state index contributed by atoms with van der Waals surface area (Å²) >= 11 is 1.62. The van der Waals surface area contributed by atoms with E-state index in [-0.39, 0.29) is 11.7 Å². The van der Waals surface area contributed by atoms with Gasteiger partial charge in [-0.1, -0.05) is 24.3 Å². The lowest BCUT2D eigenvalue weighted by Crippen LogP contribution is -2.30. The van der Waals surface area contributed by atoms with Crippen LogP contribution in [0.15, 0.2) is 65.4 Å². The predicted molar refractivity (Wildman–Crippen MR) is 104 cm³/mol. The number of rotatable bonds is 7. The van der Waals surface area contributed by atoms with Crippen LogP contribution in [0.2, 0.25) is 0 Å². The van der Waals surface area contributed by atoms with Crippen molar-refractivity contribution >= 4 is 17.2 Å². The van der Waals surface area contributed by atoms with Crippen LogP contribution in [0.3, 0.4) is 0 Å². The molecule has 3 nitrogen and oxygen atoms in total. The summed E-state index contributed by atoms with van der Waals surface area (Å²) in [5.74, 6) is -0.286. The van der Waals surface area contributed by atoms with Gasteiger partial charge in [-0.2, -0.15) is 16.6 Å². The zero-order valence-electron chi connectivity index (χ0n) is 14.8. The smallest absolute Gasteiger partial charge is 0.223 e. The fraction of sp³-hybridized carbons (Fsp3) is 0.182. The van der Waals surface area contributed by atoms with Gasteiger partial charge < -0.3 is 4.90 Å². The van der Waals surface area contributed by atoms with Crippen LogP contribution in [-0.4, -0.2) is 10.8 Å². The van der Waals surface area contributed by atoms with E-state index in [0.717, 1.165) is 16.7 Å². The molecule has 0 atom stereocenters. The SMILES string of the molecule is N#Cc1ccc(CN(Cc2cccc(F)c2)C(=O)CCc2ccsc2)cc1. The van der Waals surface area contributed by atoms with E-state index < -0.39 is 0 Å². The minimum Gasteiger partial charge on any atom is -0.334 e. The second kappa shape index (κ2) is 9.11. The zero-order chi connectivity index (χ0) is 19.1. The van der Waals surface area contributed by atoms with Gasteiger partial charge in [0.25, 0.3) is 0 Å². The number of hydrogen-bond acceptors (Lipinski definition) is 3. The fourth-order valence-corrected chi connectivity index (χ4v) is 3.54. The normalized spacial score (nSPS) is 10.4. The Morgan fingerprint density at radius 2 is 1.81 bits per heavy atom. The van der Waals surface area contributed by atoms with Crippen LogP contribution in [0.5, 0.6) is 0 Å². The number of thiophene rings is 1. The van der Waals surface area contributed by atoms with Gasteiger partial charge in [-0.25, -0.2) is 4.39 Å². The van der Waals surface area contributed by atoms with Crippen LogP contribution in [-0.2, 0) is 24.3 Å². The van der Waals surface area contributed by atoms with E-state index in [2.05, 4.69) is 6.07 Å². The molecule has 1 amide bonds. The molecule has 0 saturated carbocycles. The zero-order valence-corrected chi connectivity index (χ0v) is 15.6. The van der Waals surface area contributed by atoms with E-state index in [1.165, 1.54) is 12.1 Å². The Hall–Kier alpha value is -2.97. The number of amides is 1. The molecule has 3 aromatic rings. The van der Waals surface area contributed by atoms with Crippen molar-refractivity contribution in [3.8, 4) is 6.07 Å². The van der Waals surface area contributed by atoms with Crippen LogP contribution in [0.25, 0.3) is 0 Å². The van der Waals surface area contributed by atoms with E-state index in [1.54, 1.807) is 34.4 Å². The van der Waals surface area contributed by atoms with Crippen LogP contribution < -0.4 is 0 Å². The summed E-state index contributed by atoms with van der Waals surface area (Å²) in [4.78, 5) is 14.6. The molecule has 0 aliphatic heterocycles. The highest BCUT2D eigenvalue weighted by molar-refractivity contribution is 7.07. The number of carbonyl (C=O) groups excluding carboxylic acids is 1. The summed E-state index contributed by atoms with van der Waals surface area (Å²) in [5, 5.41) is 13.0. The Morgan fingerprint density at radius 3 is 2.48 bits per heavy atom. The molecule has 2 aromatic carbocycles. The molecule has 0 N–H and O–H groups in total. The highest BCUT2D eigenvalue weighted by atomic mass is 32.1. The molecular weight excluding hydrogens is 359 g/mol. The van der Waals surface area contributed by atoms with Crippen molar-refractivity contribution in [3.05, 3.63) is 93.4 Å². The standard InChI is InChI=1S/C22H19FN2OS/c23-21-3-1-2-20(12-21)15-25(14-18-6-4-17(13-24)5-7-18)22(26)9-8-19-10-11-27-16-19/h1-7,10-12,16H,8-9,14-15H2. The molecule has 1 heterocycles. The van der Waals surface area contributed by atoms with Crippen molar-refractivity contribution < 1.29 is 9.18 Å². The summed E-state index contributed by atoms with van der Waals surface area (Å²) in [6.07, 6.45) is 1.09. The Bertz CT molecular complexity index is 930. The quantitative estimate of drug-likeness (QED) is 0.586. The van der Waals surface area contributed by atoms with Crippen molar-refractivity contribution in [2.45, 2.75) is 25.9 Å². The maximum Gasteiger partial charge on any atom is 0.223 e. The lowest BCUT2D eigenvalue weighted by Gasteiger charge is -2.23. The molecule has 0 aliphatic carbocycles. The van der Waals surface area contributed by atoms with Crippen molar-refractivity contribution in [1.29, 1.82) is 5.26 Å². The van der Waals surface area contributed by atoms with Gasteiger partial charge in [-0.15, -0.1) is 0 Å². The number of carbonyl (C=O) groups is 1. The summed E-state index contributed by atoms with van der Waals surface area (Å²) in [6.45, 7) is 0.769. The minimum absolute atomic E-state index is 0.0230. The predicted octanol–water partition coefficient (Wildman–Crippen LogP) is 4.92. The van der Waals surface area contributed by atoms with Crippen LogP contribution in [0.4, 0.5) is 4.39 Å². The second-order valence-electron chi connectivity index (χ2n) is 6.32. The van der Waals surface area contributed by atoms with E-state index in [4.69, 9.17) is 5.26 Å². The largest absolute Gasteiger partial charge is 0.334 e. The maximum absolute atomic E-state index is 13.5. The summed E-state index contributed by atoms with van der Waals surface area (Å²) < 4.78 is 13.5. The number of aryl methyl sites for hydroxylation is 1. The van der Waals surface area contributed by atoms with Crippen LogP contribution >= 0.6 is 11.3 Å². The monoisotopic (exact) mass is 378 g/mol. The number of halogens is 1. The van der Waals surface area contributed by atoms with E-state index in [1.807, 2.05) is 35.0 Å². The average Bonchev–Trinajstić information content (AvgIpc) is 3.20. The third-order valence-electron chi connectivity index (χ3n) is 4.28. The van der Waals surface area contributed by atoms with Gasteiger partial charge in [-0.05, 0) is 64.2 Å². The lowest BCUT2D eigenvalue weighted by molar-refractivity contribution is -0.132. The highest BCUT2D eigenvalue weighted by Gasteiger charge is 2.15. The fourth-order valence-electron chi connectivity index (χ4n) is 2.84. The van der Waals surface area contributed by atoms with Gasteiger partial charge in [0.2, 0.25) is 5.91 Å². The Balaban J connectivity index is 1.74. The molecule has 27 heavy (non-hydrogen) atoms. The molecule has 0 radical (unpaired) electrons. The van der Waals surface area contributed by atoms with E-state index in [0.29, 0.717) is 31.5 Å². The van der Waals surface area contributed by atoms with Crippen molar-refractivity contribution in [2.75, 3.05) is 0 Å². The molecule has 0 aliphatic rings. The minimum atomic E-state index is -0.309. The lowest BCUT2D eigenvalue weighted by atomic mass is 10.1. The third kappa shape index (κ3) is 5.50. The first-order valence-electron chi connectivity index (χ1n) is 8.66. The molecule has 0 bridgehead atoms. The number of benzene rings is 2. The van der Waals surface area contributed by atoms with Gasteiger partial charge in [0, 0.05) is 19.5 Å². The third-order valence-corrected chi connectivity index (χ3v) is 5.01. The maximum atomic E-state index is 13.5. The topological polar surface area (TPSA) is 44.1 Å². The Kier molecular flexibility index (Phi) is 6.35. The molecule has 1 aromatic heterocycles. The van der Waals surface area contributed by atoms with Crippen molar-refractivity contribution in [1.82, 2.24) is 4.90 Å². The molecule has 0 unspecified atom stereocenters. The van der Waals surface area contributed by atoms with Gasteiger partial charge in [0.1, 0.15) is 5.82 Å². The molecular formula is C22H19FN2OS. The number of nitrogens with zero attached hydrogens (tertiary/aromatic N) is 2. The van der Waals surface area contributed by atoms with E-state index >= 15 is 0 Å². The summed E-state index contributed by atoms with van der Waals surface area (Å²) in [5.41, 5.74) is 3.43. The van der Waals surface area contributed by atoms with Gasteiger partial charge >= 0.3 is 0 Å². The van der Waals surface area contributed by atoms with Gasteiger partial charge in [-0.3, -0.25) is 4.79 Å². The number of hydrogen-bond donors (Lipinski definition) is 0. The van der Waals surface area contributed by atoms with Crippen molar-refractivity contribution in [2.24, 2.45) is 0 Å². The molecule has 0 fully saturated rings. The average molecular weight is 378 g/mol. The van der Waals surface area contributed by atoms with Crippen LogP contribution in [0.1, 0.15) is 28.7 Å². The molecule has 0 saturated heterocycles. The summed E-state index contributed by atoms with van der Waals surface area (Å²) in [7, 11) is 0. The molecule has 0 spiro atoms. The second-order valence-corrected chi connectivity index (χ2v) is 7.10. The van der Waals surface area contributed by atoms with Gasteiger partial charge in [0.15, 0.2) is 0 Å². The van der Waals surface area contributed by atoms with Crippen LogP contribution in [0, 0.1) is 17.1 Å².